The Balaban J connectivity index is 2.76. The van der Waals surface area contributed by atoms with Crippen LogP contribution in [0.2, 0.25) is 0 Å². The van der Waals surface area contributed by atoms with Gasteiger partial charge in [-0.15, -0.1) is 0 Å². The molecule has 5 nitrogen and oxygen atoms in total. The highest BCUT2D eigenvalue weighted by Gasteiger charge is 2.33. The Morgan fingerprint density at radius 2 is 1.96 bits per heavy atom. The van der Waals surface area contributed by atoms with Crippen LogP contribution in [-0.4, -0.2) is 29.7 Å². The summed E-state index contributed by atoms with van der Waals surface area (Å²) < 4.78 is 11.5. The molecule has 1 heterocycles. The van der Waals surface area contributed by atoms with Crippen LogP contribution in [0.15, 0.2) is 12.3 Å². The van der Waals surface area contributed by atoms with Crippen molar-refractivity contribution in [1.29, 1.82) is 0 Å². The third-order valence-electron chi connectivity index (χ3n) is 3.86. The summed E-state index contributed by atoms with van der Waals surface area (Å²) in [6.07, 6.45) is 6.18. The number of ether oxygens (including phenoxy) is 2. The third-order valence-corrected chi connectivity index (χ3v) is 3.86. The van der Waals surface area contributed by atoms with Crippen molar-refractivity contribution < 1.29 is 14.3 Å². The van der Waals surface area contributed by atoms with Crippen molar-refractivity contribution in [2.24, 2.45) is 0 Å². The molecule has 0 aromatic carbocycles. The number of nitrogens with one attached hydrogen (secondary N) is 1. The van der Waals surface area contributed by atoms with E-state index in [4.69, 9.17) is 9.47 Å². The van der Waals surface area contributed by atoms with Crippen LogP contribution in [0.25, 0.3) is 0 Å². The molecule has 0 unspecified atom stereocenters. The lowest BCUT2D eigenvalue weighted by molar-refractivity contribution is -0.140. The fourth-order valence-corrected chi connectivity index (χ4v) is 2.41. The summed E-state index contributed by atoms with van der Waals surface area (Å²) in [6, 6.07) is 1.89. The molecule has 1 atom stereocenters. The normalized spacial score (nSPS) is 13.4. The van der Waals surface area contributed by atoms with E-state index in [1.165, 1.54) is 0 Å². The molecule has 1 aromatic rings. The Morgan fingerprint density at radius 3 is 2.54 bits per heavy atom. The summed E-state index contributed by atoms with van der Waals surface area (Å²) in [7, 11) is 0. The summed E-state index contributed by atoms with van der Waals surface area (Å²) in [5.74, 6) is 0.499. The second-order valence-electron chi connectivity index (χ2n) is 6.33. The maximum atomic E-state index is 12.6. The topological polar surface area (TPSA) is 60.5 Å². The van der Waals surface area contributed by atoms with Crippen molar-refractivity contribution in [2.75, 3.05) is 18.5 Å². The average Bonchev–Trinajstić information content (AvgIpc) is 2.55. The van der Waals surface area contributed by atoms with E-state index < -0.39 is 5.60 Å². The van der Waals surface area contributed by atoms with Gasteiger partial charge in [-0.3, -0.25) is 4.79 Å². The number of pyridine rings is 1. The van der Waals surface area contributed by atoms with E-state index in [2.05, 4.69) is 24.1 Å². The molecule has 24 heavy (non-hydrogen) atoms. The molecule has 1 aromatic heterocycles. The minimum absolute atomic E-state index is 0.126. The van der Waals surface area contributed by atoms with Crippen molar-refractivity contribution in [3.05, 3.63) is 17.8 Å². The summed E-state index contributed by atoms with van der Waals surface area (Å²) >= 11 is 0. The SMILES string of the molecule is CCCCOc1ncc(NC(=O)[C@](C)(CCC)OCCC)cc1C. The number of nitrogens with zero attached hydrogens (tertiary/aromatic N) is 1. The minimum atomic E-state index is -0.811. The van der Waals surface area contributed by atoms with E-state index in [0.717, 1.165) is 31.2 Å². The van der Waals surface area contributed by atoms with Gasteiger partial charge in [0.15, 0.2) is 0 Å². The number of unbranched alkanes of at least 4 members (excludes halogenated alkanes) is 1. The second kappa shape index (κ2) is 10.3. The first-order valence-corrected chi connectivity index (χ1v) is 9.01. The summed E-state index contributed by atoms with van der Waals surface area (Å²) in [5.41, 5.74) is 0.771. The fourth-order valence-electron chi connectivity index (χ4n) is 2.41. The van der Waals surface area contributed by atoms with E-state index in [1.54, 1.807) is 6.20 Å². The molecule has 0 aliphatic heterocycles. The quantitative estimate of drug-likeness (QED) is 0.605. The zero-order valence-corrected chi connectivity index (χ0v) is 15.8. The number of rotatable bonds is 11. The minimum Gasteiger partial charge on any atom is -0.477 e. The van der Waals surface area contributed by atoms with Gasteiger partial charge in [-0.1, -0.05) is 33.6 Å². The van der Waals surface area contributed by atoms with E-state index in [9.17, 15) is 4.79 Å². The molecule has 0 saturated heterocycles. The van der Waals surface area contributed by atoms with E-state index >= 15 is 0 Å². The first-order chi connectivity index (χ1) is 11.5. The number of carbonyl (C=O) groups is 1. The van der Waals surface area contributed by atoms with Crippen LogP contribution in [0.1, 0.15) is 65.4 Å². The summed E-state index contributed by atoms with van der Waals surface area (Å²) in [4.78, 5) is 17.0. The van der Waals surface area contributed by atoms with Crippen molar-refractivity contribution in [3.8, 4) is 5.88 Å². The monoisotopic (exact) mass is 336 g/mol. The average molecular weight is 336 g/mol. The largest absolute Gasteiger partial charge is 0.477 e. The number of hydrogen-bond acceptors (Lipinski definition) is 4. The first kappa shape index (κ1) is 20.4. The molecule has 0 aliphatic rings. The van der Waals surface area contributed by atoms with Gasteiger partial charge >= 0.3 is 0 Å². The zero-order valence-electron chi connectivity index (χ0n) is 15.8. The van der Waals surface area contributed by atoms with Gasteiger partial charge < -0.3 is 14.8 Å². The van der Waals surface area contributed by atoms with Gasteiger partial charge in [-0.25, -0.2) is 4.98 Å². The molecule has 1 rings (SSSR count). The lowest BCUT2D eigenvalue weighted by Crippen LogP contribution is -2.43. The third kappa shape index (κ3) is 6.11. The van der Waals surface area contributed by atoms with Crippen LogP contribution in [0, 0.1) is 6.92 Å². The Kier molecular flexibility index (Phi) is 8.76. The number of carbonyl (C=O) groups excluding carboxylic acids is 1. The molecular weight excluding hydrogens is 304 g/mol. The van der Waals surface area contributed by atoms with Crippen LogP contribution < -0.4 is 10.1 Å². The Hall–Kier alpha value is -1.62. The van der Waals surface area contributed by atoms with Crippen molar-refractivity contribution in [2.45, 2.75) is 72.3 Å². The molecule has 0 aliphatic carbocycles. The van der Waals surface area contributed by atoms with Gasteiger partial charge in [0.05, 0.1) is 18.5 Å². The highest BCUT2D eigenvalue weighted by molar-refractivity contribution is 5.97. The Morgan fingerprint density at radius 1 is 1.21 bits per heavy atom. The summed E-state index contributed by atoms with van der Waals surface area (Å²) in [5, 5.41) is 2.93. The predicted molar refractivity (Wildman–Crippen MR) is 97.6 cm³/mol. The van der Waals surface area contributed by atoms with Gasteiger partial charge in [0.25, 0.3) is 5.91 Å². The molecule has 136 valence electrons. The van der Waals surface area contributed by atoms with Gasteiger partial charge in [0, 0.05) is 12.2 Å². The number of amides is 1. The highest BCUT2D eigenvalue weighted by atomic mass is 16.5. The van der Waals surface area contributed by atoms with E-state index in [0.29, 0.717) is 31.2 Å². The Bertz CT molecular complexity index is 519. The first-order valence-electron chi connectivity index (χ1n) is 9.01. The van der Waals surface area contributed by atoms with Gasteiger partial charge in [0.1, 0.15) is 5.60 Å². The Labute approximate surface area is 146 Å². The van der Waals surface area contributed by atoms with Crippen molar-refractivity contribution >= 4 is 11.6 Å². The van der Waals surface area contributed by atoms with Gasteiger partial charge in [-0.05, 0) is 39.2 Å². The zero-order chi connectivity index (χ0) is 18.0. The second-order valence-corrected chi connectivity index (χ2v) is 6.33. The maximum Gasteiger partial charge on any atom is 0.256 e. The standard InChI is InChI=1S/C19H32N2O3/c1-6-9-12-23-17-15(4)13-16(14-20-17)21-18(22)19(5,10-7-2)24-11-8-3/h13-14H,6-12H2,1-5H3,(H,21,22)/t19-/m0/s1. The van der Waals surface area contributed by atoms with Gasteiger partial charge in [0.2, 0.25) is 5.88 Å². The number of anilines is 1. The van der Waals surface area contributed by atoms with Crippen LogP contribution in [0.3, 0.4) is 0 Å². The number of aryl methyl sites for hydroxylation is 1. The molecule has 0 radical (unpaired) electrons. The molecule has 0 bridgehead atoms. The van der Waals surface area contributed by atoms with Gasteiger partial charge in [-0.2, -0.15) is 0 Å². The van der Waals surface area contributed by atoms with Crippen molar-refractivity contribution in [3.63, 3.8) is 0 Å². The lowest BCUT2D eigenvalue weighted by Gasteiger charge is -2.28. The van der Waals surface area contributed by atoms with Crippen LogP contribution in [-0.2, 0) is 9.53 Å². The fraction of sp³-hybridized carbons (Fsp3) is 0.684. The maximum absolute atomic E-state index is 12.6. The van der Waals surface area contributed by atoms with Crippen LogP contribution in [0.4, 0.5) is 5.69 Å². The number of hydrogen-bond donors (Lipinski definition) is 1. The highest BCUT2D eigenvalue weighted by Crippen LogP contribution is 2.23. The summed E-state index contributed by atoms with van der Waals surface area (Å²) in [6.45, 7) is 11.2. The molecule has 0 spiro atoms. The molecule has 5 heteroatoms. The number of aromatic nitrogens is 1. The van der Waals surface area contributed by atoms with Crippen molar-refractivity contribution in [1.82, 2.24) is 4.98 Å². The smallest absolute Gasteiger partial charge is 0.256 e. The molecule has 1 N–H and O–H groups in total. The molecule has 1 amide bonds. The molecular formula is C19H32N2O3. The van der Waals surface area contributed by atoms with Crippen LogP contribution >= 0.6 is 0 Å². The molecule has 0 saturated carbocycles. The molecule has 0 fully saturated rings. The van der Waals surface area contributed by atoms with E-state index in [-0.39, 0.29) is 5.91 Å². The predicted octanol–water partition coefficient (Wildman–Crippen LogP) is 4.49. The van der Waals surface area contributed by atoms with E-state index in [1.807, 2.05) is 26.8 Å². The lowest BCUT2D eigenvalue weighted by atomic mass is 9.99. The van der Waals surface area contributed by atoms with Crippen LogP contribution in [0.5, 0.6) is 5.88 Å².